The summed E-state index contributed by atoms with van der Waals surface area (Å²) in [7, 11) is 3.06. The lowest BCUT2D eigenvalue weighted by atomic mass is 9.68. The van der Waals surface area contributed by atoms with E-state index < -0.39 is 23.4 Å². The van der Waals surface area contributed by atoms with Gasteiger partial charge in [-0.3, -0.25) is 4.79 Å². The van der Waals surface area contributed by atoms with Crippen LogP contribution in [0.5, 0.6) is 11.5 Å². The van der Waals surface area contributed by atoms with Gasteiger partial charge in [0.1, 0.15) is 6.04 Å². The van der Waals surface area contributed by atoms with Crippen LogP contribution in [0.2, 0.25) is 0 Å². The molecular formula is C27H21N3O3S. The molecule has 2 aromatic carbocycles. The van der Waals surface area contributed by atoms with Gasteiger partial charge in [-0.05, 0) is 57.8 Å². The summed E-state index contributed by atoms with van der Waals surface area (Å²) in [4.78, 5) is 16.0. The van der Waals surface area contributed by atoms with Crippen LogP contribution in [0.15, 0.2) is 65.5 Å². The number of methoxy groups -OCH3 is 2. The molecule has 6 nitrogen and oxygen atoms in total. The summed E-state index contributed by atoms with van der Waals surface area (Å²) in [5.41, 5.74) is 1.60. The second-order valence-electron chi connectivity index (χ2n) is 8.30. The molecule has 2 aliphatic rings. The summed E-state index contributed by atoms with van der Waals surface area (Å²) in [6.45, 7) is 0. The minimum Gasteiger partial charge on any atom is -0.493 e. The number of thiophene rings is 1. The Balaban J connectivity index is 1.72. The van der Waals surface area contributed by atoms with Gasteiger partial charge >= 0.3 is 0 Å². The Morgan fingerprint density at radius 3 is 2.50 bits per heavy atom. The number of Topliss-reactive ketones (excluding diaryl/α,β-unsaturated/α-hetero) is 1. The highest BCUT2D eigenvalue weighted by atomic mass is 32.1. The highest BCUT2D eigenvalue weighted by Crippen LogP contribution is 2.60. The van der Waals surface area contributed by atoms with Gasteiger partial charge in [-0.25, -0.2) is 0 Å². The van der Waals surface area contributed by atoms with E-state index in [1.807, 2.05) is 58.3 Å². The summed E-state index contributed by atoms with van der Waals surface area (Å²) < 4.78 is 10.7. The number of carbonyl (C=O) groups excluding carboxylic acids is 1. The first-order valence-corrected chi connectivity index (χ1v) is 11.7. The Bertz CT molecular complexity index is 1350. The molecule has 1 saturated heterocycles. The van der Waals surface area contributed by atoms with Crippen LogP contribution in [-0.4, -0.2) is 30.9 Å². The molecular weight excluding hydrogens is 446 g/mol. The predicted octanol–water partition coefficient (Wildman–Crippen LogP) is 5.18. The van der Waals surface area contributed by atoms with E-state index >= 15 is 0 Å². The monoisotopic (exact) mass is 467 g/mol. The fourth-order valence-corrected chi connectivity index (χ4v) is 5.98. The number of carbonyl (C=O) groups is 1. The van der Waals surface area contributed by atoms with E-state index in [2.05, 4.69) is 12.1 Å². The molecule has 3 heterocycles. The van der Waals surface area contributed by atoms with Gasteiger partial charge < -0.3 is 14.4 Å². The lowest BCUT2D eigenvalue weighted by Crippen LogP contribution is -2.37. The highest BCUT2D eigenvalue weighted by Gasteiger charge is 2.63. The number of rotatable bonds is 5. The third-order valence-corrected chi connectivity index (χ3v) is 7.48. The van der Waals surface area contributed by atoms with Gasteiger partial charge in [0.25, 0.3) is 0 Å². The fraction of sp³-hybridized carbons (Fsp3) is 0.222. The van der Waals surface area contributed by atoms with Crippen LogP contribution < -0.4 is 9.47 Å². The molecule has 0 spiro atoms. The maximum Gasteiger partial charge on any atom is 0.186 e. The molecule has 1 aromatic heterocycles. The Morgan fingerprint density at radius 2 is 1.82 bits per heavy atom. The first-order chi connectivity index (χ1) is 16.6. The maximum atomic E-state index is 14.1. The van der Waals surface area contributed by atoms with E-state index in [0.717, 1.165) is 16.7 Å². The summed E-state index contributed by atoms with van der Waals surface area (Å²) >= 11 is 1.48. The van der Waals surface area contributed by atoms with Crippen molar-refractivity contribution in [3.63, 3.8) is 0 Å². The second kappa shape index (κ2) is 8.37. The smallest absolute Gasteiger partial charge is 0.186 e. The molecule has 0 radical (unpaired) electrons. The molecule has 0 bridgehead atoms. The molecule has 0 N–H and O–H groups in total. The van der Waals surface area contributed by atoms with Crippen LogP contribution in [0, 0.1) is 28.1 Å². The number of hydrogen-bond donors (Lipinski definition) is 0. The minimum atomic E-state index is -1.46. The van der Waals surface area contributed by atoms with Gasteiger partial charge in [0, 0.05) is 17.7 Å². The van der Waals surface area contributed by atoms with Crippen LogP contribution in [0.1, 0.15) is 39.0 Å². The summed E-state index contributed by atoms with van der Waals surface area (Å²) in [6.07, 6.45) is 3.79. The normalized spacial score (nSPS) is 21.6. The van der Waals surface area contributed by atoms with Crippen molar-refractivity contribution in [2.45, 2.75) is 18.0 Å². The highest BCUT2D eigenvalue weighted by molar-refractivity contribution is 7.08. The number of benzene rings is 2. The molecule has 168 valence electrons. The quantitative estimate of drug-likeness (QED) is 0.481. The molecule has 34 heavy (non-hydrogen) atoms. The summed E-state index contributed by atoms with van der Waals surface area (Å²) in [6, 6.07) is 18.1. The molecule has 3 aromatic rings. The average Bonchev–Trinajstić information content (AvgIpc) is 3.52. The van der Waals surface area contributed by atoms with Crippen molar-refractivity contribution in [1.29, 1.82) is 10.5 Å². The summed E-state index contributed by atoms with van der Waals surface area (Å²) in [5, 5.41) is 24.8. The van der Waals surface area contributed by atoms with Crippen molar-refractivity contribution < 1.29 is 14.3 Å². The zero-order valence-electron chi connectivity index (χ0n) is 18.6. The van der Waals surface area contributed by atoms with Gasteiger partial charge in [0.2, 0.25) is 0 Å². The van der Waals surface area contributed by atoms with Gasteiger partial charge in [0.15, 0.2) is 22.7 Å². The Morgan fingerprint density at radius 1 is 1.06 bits per heavy atom. The number of fused-ring (bicyclic) bond motifs is 3. The number of ether oxygens (including phenoxy) is 2. The van der Waals surface area contributed by atoms with E-state index in [-0.39, 0.29) is 5.78 Å². The lowest BCUT2D eigenvalue weighted by molar-refractivity contribution is 0.0874. The molecule has 0 saturated carbocycles. The van der Waals surface area contributed by atoms with E-state index in [4.69, 9.17) is 9.47 Å². The Hall–Kier alpha value is -4.07. The number of ketones is 1. The van der Waals surface area contributed by atoms with Gasteiger partial charge in [0.05, 0.1) is 32.4 Å². The van der Waals surface area contributed by atoms with Crippen molar-refractivity contribution in [2.24, 2.45) is 5.41 Å². The second-order valence-corrected chi connectivity index (χ2v) is 9.08. The zero-order chi connectivity index (χ0) is 23.9. The maximum absolute atomic E-state index is 14.1. The molecule has 0 aliphatic carbocycles. The predicted molar refractivity (Wildman–Crippen MR) is 128 cm³/mol. The van der Waals surface area contributed by atoms with Crippen molar-refractivity contribution in [3.05, 3.63) is 87.7 Å². The van der Waals surface area contributed by atoms with Crippen molar-refractivity contribution in [2.75, 3.05) is 14.2 Å². The molecule has 3 atom stereocenters. The van der Waals surface area contributed by atoms with Gasteiger partial charge in [-0.15, -0.1) is 0 Å². The molecule has 0 unspecified atom stereocenters. The first kappa shape index (κ1) is 21.8. The third-order valence-electron chi connectivity index (χ3n) is 6.78. The van der Waals surface area contributed by atoms with E-state index in [0.29, 0.717) is 17.1 Å². The minimum absolute atomic E-state index is 0.182. The lowest BCUT2D eigenvalue weighted by Gasteiger charge is -2.34. The topological polar surface area (TPSA) is 86.3 Å². The van der Waals surface area contributed by atoms with Crippen molar-refractivity contribution in [1.82, 2.24) is 4.90 Å². The van der Waals surface area contributed by atoms with Crippen LogP contribution >= 0.6 is 11.3 Å². The SMILES string of the molecule is COc1ccc(C(=O)[C@@H]2[C@@H](c3ccsc3)C(C#N)(C#N)[C@H]3c4ccccc4C=CN23)cc1OC. The van der Waals surface area contributed by atoms with Gasteiger partial charge in [-0.1, -0.05) is 24.3 Å². The number of nitriles is 2. The largest absolute Gasteiger partial charge is 0.493 e. The van der Waals surface area contributed by atoms with E-state index in [1.54, 1.807) is 18.2 Å². The fourth-order valence-electron chi connectivity index (χ4n) is 5.28. The Kier molecular flexibility index (Phi) is 5.36. The van der Waals surface area contributed by atoms with Crippen molar-refractivity contribution in [3.8, 4) is 23.6 Å². The molecule has 0 amide bonds. The van der Waals surface area contributed by atoms with Crippen LogP contribution in [-0.2, 0) is 0 Å². The summed E-state index contributed by atoms with van der Waals surface area (Å²) in [5.74, 6) is 0.142. The van der Waals surface area contributed by atoms with Crippen molar-refractivity contribution >= 4 is 23.2 Å². The molecule has 1 fully saturated rings. The average molecular weight is 468 g/mol. The van der Waals surface area contributed by atoms with Crippen LogP contribution in [0.25, 0.3) is 6.08 Å². The molecule has 5 rings (SSSR count). The number of nitrogens with zero attached hydrogens (tertiary/aromatic N) is 3. The molecule has 7 heteroatoms. The standard InChI is InChI=1S/C27H21N3O3S/c1-32-21-8-7-18(13-22(21)33-2)25(31)24-23(19-10-12-34-14-19)27(15-28,16-29)26-20-6-4-3-5-17(20)9-11-30(24)26/h3-14,23-24,26H,1-2H3/t23-,24+,26-/m1/s1. The first-order valence-electron chi connectivity index (χ1n) is 10.7. The third kappa shape index (κ3) is 3.02. The van der Waals surface area contributed by atoms with Crippen LogP contribution in [0.3, 0.4) is 0 Å². The molecule has 2 aliphatic heterocycles. The van der Waals surface area contributed by atoms with Crippen LogP contribution in [0.4, 0.5) is 0 Å². The Labute approximate surface area is 201 Å². The van der Waals surface area contributed by atoms with E-state index in [9.17, 15) is 15.3 Å². The van der Waals surface area contributed by atoms with E-state index in [1.165, 1.54) is 25.6 Å². The van der Waals surface area contributed by atoms with Gasteiger partial charge in [-0.2, -0.15) is 21.9 Å². The number of hydrogen-bond acceptors (Lipinski definition) is 7. The zero-order valence-corrected chi connectivity index (χ0v) is 19.5.